The van der Waals surface area contributed by atoms with E-state index in [1.807, 2.05) is 42.5 Å². The molecular weight excluding hydrogens is 420 g/mol. The molecule has 0 saturated heterocycles. The van der Waals surface area contributed by atoms with Gasteiger partial charge in [-0.1, -0.05) is 78.9 Å². The maximum Gasteiger partial charge on any atom is 0.335 e. The molecule has 168 valence electrons. The van der Waals surface area contributed by atoms with Gasteiger partial charge in [0, 0.05) is 19.6 Å². The van der Waals surface area contributed by atoms with E-state index in [-0.39, 0.29) is 5.56 Å². The minimum absolute atomic E-state index is 0.289. The van der Waals surface area contributed by atoms with Gasteiger partial charge in [0.1, 0.15) is 0 Å². The fraction of sp³-hybridized carbons (Fsp3) is 0.133. The van der Waals surface area contributed by atoms with Gasteiger partial charge in [-0.3, -0.25) is 4.90 Å². The second-order valence-electron chi connectivity index (χ2n) is 8.33. The Morgan fingerprint density at radius 2 is 1.24 bits per heavy atom. The van der Waals surface area contributed by atoms with Crippen molar-refractivity contribution in [2.24, 2.45) is 0 Å². The number of nitriles is 1. The van der Waals surface area contributed by atoms with Gasteiger partial charge in [0.2, 0.25) is 0 Å². The van der Waals surface area contributed by atoms with Gasteiger partial charge in [0.25, 0.3) is 0 Å². The molecule has 0 bridgehead atoms. The van der Waals surface area contributed by atoms with Crippen LogP contribution >= 0.6 is 0 Å². The van der Waals surface area contributed by atoms with Gasteiger partial charge in [-0.25, -0.2) is 4.79 Å². The third-order valence-corrected chi connectivity index (χ3v) is 5.87. The lowest BCUT2D eigenvalue weighted by Crippen LogP contribution is -2.25. The lowest BCUT2D eigenvalue weighted by Gasteiger charge is -2.23. The van der Waals surface area contributed by atoms with Crippen molar-refractivity contribution < 1.29 is 9.90 Å². The van der Waals surface area contributed by atoms with Gasteiger partial charge in [0.05, 0.1) is 17.2 Å². The van der Waals surface area contributed by atoms with Crippen molar-refractivity contribution in [3.63, 3.8) is 0 Å². The van der Waals surface area contributed by atoms with Crippen molar-refractivity contribution in [1.82, 2.24) is 4.90 Å². The van der Waals surface area contributed by atoms with E-state index < -0.39 is 5.97 Å². The van der Waals surface area contributed by atoms with Crippen LogP contribution in [0.4, 0.5) is 0 Å². The van der Waals surface area contributed by atoms with Crippen LogP contribution in [0.15, 0.2) is 103 Å². The molecule has 0 heterocycles. The summed E-state index contributed by atoms with van der Waals surface area (Å²) in [6.45, 7) is 2.53. The quantitative estimate of drug-likeness (QED) is 0.334. The van der Waals surface area contributed by atoms with Gasteiger partial charge in [-0.2, -0.15) is 5.26 Å². The molecule has 0 radical (unpaired) electrons. The highest BCUT2D eigenvalue weighted by Gasteiger charge is 2.09. The van der Waals surface area contributed by atoms with Crippen molar-refractivity contribution in [2.45, 2.75) is 19.5 Å². The van der Waals surface area contributed by atoms with E-state index in [1.54, 1.807) is 12.1 Å². The first-order valence-electron chi connectivity index (χ1n) is 11.3. The summed E-state index contributed by atoms with van der Waals surface area (Å²) in [5.41, 5.74) is 6.73. The van der Waals surface area contributed by atoms with E-state index in [2.05, 4.69) is 59.5 Å². The van der Waals surface area contributed by atoms with Crippen molar-refractivity contribution in [1.29, 1.82) is 5.26 Å². The number of benzene rings is 4. The zero-order valence-electron chi connectivity index (χ0n) is 18.9. The maximum atomic E-state index is 11.1. The Bertz CT molecular complexity index is 1260. The minimum Gasteiger partial charge on any atom is -0.478 e. The summed E-state index contributed by atoms with van der Waals surface area (Å²) in [4.78, 5) is 13.5. The molecule has 0 aliphatic carbocycles. The molecule has 0 amide bonds. The van der Waals surface area contributed by atoms with Gasteiger partial charge >= 0.3 is 5.97 Å². The molecular formula is C30H26N2O2. The summed E-state index contributed by atoms with van der Waals surface area (Å²) in [5.74, 6) is -0.917. The number of hydrogen-bond donors (Lipinski definition) is 1. The third kappa shape index (κ3) is 6.19. The van der Waals surface area contributed by atoms with Crippen LogP contribution in [0.3, 0.4) is 0 Å². The van der Waals surface area contributed by atoms with Crippen LogP contribution in [0.1, 0.15) is 32.6 Å². The predicted octanol–water partition coefficient (Wildman–Crippen LogP) is 6.17. The lowest BCUT2D eigenvalue weighted by atomic mass is 10.0. The zero-order valence-corrected chi connectivity index (χ0v) is 18.9. The smallest absolute Gasteiger partial charge is 0.335 e. The third-order valence-electron chi connectivity index (χ3n) is 5.87. The Kier molecular flexibility index (Phi) is 7.49. The van der Waals surface area contributed by atoms with E-state index in [4.69, 9.17) is 10.4 Å². The average Bonchev–Trinajstić information content (AvgIpc) is 2.89. The Balaban J connectivity index is 1.47. The summed E-state index contributed by atoms with van der Waals surface area (Å²) in [6.07, 6.45) is 0.963. The van der Waals surface area contributed by atoms with Crippen LogP contribution < -0.4 is 0 Å². The largest absolute Gasteiger partial charge is 0.478 e. The van der Waals surface area contributed by atoms with Crippen molar-refractivity contribution in [3.05, 3.63) is 131 Å². The summed E-state index contributed by atoms with van der Waals surface area (Å²) >= 11 is 0. The zero-order chi connectivity index (χ0) is 23.8. The number of carbonyl (C=O) groups is 1. The van der Waals surface area contributed by atoms with Gasteiger partial charge < -0.3 is 5.11 Å². The SMILES string of the molecule is N#Cc1ccc(CN(CCc2ccccc2)Cc2ccc(-c3ccc(C(=O)O)cc3)cc2)cc1. The highest BCUT2D eigenvalue weighted by molar-refractivity contribution is 5.88. The Morgan fingerprint density at radius 3 is 1.76 bits per heavy atom. The molecule has 4 aromatic rings. The van der Waals surface area contributed by atoms with E-state index in [9.17, 15) is 4.79 Å². The van der Waals surface area contributed by atoms with Gasteiger partial charge in [0.15, 0.2) is 0 Å². The van der Waals surface area contributed by atoms with Gasteiger partial charge in [-0.05, 0) is 58.5 Å². The molecule has 1 N–H and O–H groups in total. The summed E-state index contributed by atoms with van der Waals surface area (Å²) in [6, 6.07) is 35.9. The second kappa shape index (κ2) is 11.1. The molecule has 0 aromatic heterocycles. The van der Waals surface area contributed by atoms with Crippen LogP contribution in [-0.4, -0.2) is 22.5 Å². The van der Waals surface area contributed by atoms with E-state index >= 15 is 0 Å². The predicted molar refractivity (Wildman–Crippen MR) is 134 cm³/mol. The number of aromatic carboxylic acids is 1. The van der Waals surface area contributed by atoms with Crippen LogP contribution in [0, 0.1) is 11.3 Å². The molecule has 0 saturated carbocycles. The summed E-state index contributed by atoms with van der Waals surface area (Å²) in [7, 11) is 0. The maximum absolute atomic E-state index is 11.1. The molecule has 0 aliphatic rings. The fourth-order valence-electron chi connectivity index (χ4n) is 3.95. The Morgan fingerprint density at radius 1 is 0.706 bits per heavy atom. The normalized spacial score (nSPS) is 10.7. The molecule has 0 fully saturated rings. The molecule has 4 heteroatoms. The van der Waals surface area contributed by atoms with Crippen molar-refractivity contribution in [2.75, 3.05) is 6.54 Å². The molecule has 4 rings (SSSR count). The van der Waals surface area contributed by atoms with Crippen molar-refractivity contribution >= 4 is 5.97 Å². The monoisotopic (exact) mass is 446 g/mol. The summed E-state index contributed by atoms with van der Waals surface area (Å²) < 4.78 is 0. The Labute approximate surface area is 200 Å². The molecule has 34 heavy (non-hydrogen) atoms. The molecule has 4 aromatic carbocycles. The lowest BCUT2D eigenvalue weighted by molar-refractivity contribution is 0.0697. The number of carboxylic acid groups (broad SMARTS) is 1. The molecule has 0 spiro atoms. The highest BCUT2D eigenvalue weighted by Crippen LogP contribution is 2.21. The van der Waals surface area contributed by atoms with Crippen LogP contribution in [0.5, 0.6) is 0 Å². The van der Waals surface area contributed by atoms with E-state index in [0.29, 0.717) is 5.56 Å². The Hall–Kier alpha value is -4.20. The topological polar surface area (TPSA) is 64.3 Å². The van der Waals surface area contributed by atoms with E-state index in [0.717, 1.165) is 37.2 Å². The number of rotatable bonds is 9. The first-order valence-corrected chi connectivity index (χ1v) is 11.3. The van der Waals surface area contributed by atoms with Crippen LogP contribution in [0.25, 0.3) is 11.1 Å². The number of carboxylic acids is 1. The number of nitrogens with zero attached hydrogens (tertiary/aromatic N) is 2. The molecule has 4 nitrogen and oxygen atoms in total. The van der Waals surface area contributed by atoms with Crippen LogP contribution in [-0.2, 0) is 19.5 Å². The molecule has 0 aliphatic heterocycles. The van der Waals surface area contributed by atoms with Gasteiger partial charge in [-0.15, -0.1) is 0 Å². The molecule has 0 atom stereocenters. The number of hydrogen-bond acceptors (Lipinski definition) is 3. The first-order chi connectivity index (χ1) is 16.6. The average molecular weight is 447 g/mol. The van der Waals surface area contributed by atoms with Crippen molar-refractivity contribution in [3.8, 4) is 17.2 Å². The highest BCUT2D eigenvalue weighted by atomic mass is 16.4. The second-order valence-corrected chi connectivity index (χ2v) is 8.33. The fourth-order valence-corrected chi connectivity index (χ4v) is 3.95. The first kappa shape index (κ1) is 23.0. The van der Waals surface area contributed by atoms with E-state index in [1.165, 1.54) is 16.7 Å². The van der Waals surface area contributed by atoms with Crippen LogP contribution in [0.2, 0.25) is 0 Å². The summed E-state index contributed by atoms with van der Waals surface area (Å²) in [5, 5.41) is 18.2. The minimum atomic E-state index is -0.917. The molecule has 0 unspecified atom stereocenters. The standard InChI is InChI=1S/C30H26N2O2/c31-20-24-6-8-25(9-7-24)21-32(19-18-23-4-2-1-3-5-23)22-26-10-12-27(13-11-26)28-14-16-29(17-15-28)30(33)34/h1-17H,18-19,21-22H2,(H,33,34).